The Morgan fingerprint density at radius 1 is 1.12 bits per heavy atom. The third kappa shape index (κ3) is 6.64. The van der Waals surface area contributed by atoms with Crippen LogP contribution in [0.2, 0.25) is 15.2 Å². The lowest BCUT2D eigenvalue weighted by Gasteiger charge is -2.21. The van der Waals surface area contributed by atoms with E-state index in [1.54, 1.807) is 59.8 Å². The molecule has 5 rings (SSSR count). The summed E-state index contributed by atoms with van der Waals surface area (Å²) in [6.45, 7) is 2.30. The normalized spacial score (nSPS) is 13.2. The molecule has 1 saturated heterocycles. The number of pyridine rings is 1. The number of anilines is 2. The zero-order valence-electron chi connectivity index (χ0n) is 23.4. The van der Waals surface area contributed by atoms with E-state index in [-0.39, 0.29) is 30.0 Å². The number of carbonyl (C=O) groups excluding carboxylic acids is 3. The fourth-order valence-corrected chi connectivity index (χ4v) is 5.48. The SMILES string of the molecule is Cc1nc2c(OCc3c(Cl)ccc(N(C)C(=O)CNC(=O)/C=C/c4ccc(N5CCCC5=O)cc4)c3Cl)cccn2c1Cl. The standard InChI is InChI=1S/C31H28Cl3N5O4/c1-19-30(34)39-16-3-5-25(31(39)36-19)43-18-22-23(32)12-13-24(29(22)33)37(2)28(42)17-35-26(40)14-9-20-7-10-21(11-8-20)38-15-4-6-27(38)41/h3,5,7-14,16H,4,6,15,17-18H2,1-2H3,(H,35,40)/b14-9+. The molecule has 1 aliphatic heterocycles. The Labute approximate surface area is 263 Å². The number of imidazole rings is 1. The molecule has 0 bridgehead atoms. The van der Waals surface area contributed by atoms with E-state index in [0.29, 0.717) is 51.5 Å². The van der Waals surface area contributed by atoms with Gasteiger partial charge in [0.05, 0.1) is 22.9 Å². The second-order valence-corrected chi connectivity index (χ2v) is 11.1. The second kappa shape index (κ2) is 13.1. The summed E-state index contributed by atoms with van der Waals surface area (Å²) < 4.78 is 7.73. The first kappa shape index (κ1) is 30.4. The molecule has 3 heterocycles. The van der Waals surface area contributed by atoms with Crippen LogP contribution in [-0.4, -0.2) is 47.2 Å². The van der Waals surface area contributed by atoms with Crippen LogP contribution >= 0.6 is 34.8 Å². The number of nitrogens with one attached hydrogen (secondary N) is 1. The largest absolute Gasteiger partial charge is 0.485 e. The van der Waals surface area contributed by atoms with Crippen LogP contribution in [0, 0.1) is 6.92 Å². The molecule has 3 amide bonds. The molecule has 9 nitrogen and oxygen atoms in total. The average Bonchev–Trinajstić information content (AvgIpc) is 3.56. The second-order valence-electron chi connectivity index (χ2n) is 9.95. The number of nitrogens with zero attached hydrogens (tertiary/aromatic N) is 4. The molecule has 0 saturated carbocycles. The number of aromatic nitrogens is 2. The van der Waals surface area contributed by atoms with E-state index in [9.17, 15) is 14.4 Å². The summed E-state index contributed by atoms with van der Waals surface area (Å²) in [5, 5.41) is 3.71. The topological polar surface area (TPSA) is 96.2 Å². The molecule has 0 spiro atoms. The predicted octanol–water partition coefficient (Wildman–Crippen LogP) is 6.10. The van der Waals surface area contributed by atoms with Gasteiger partial charge in [0.2, 0.25) is 17.7 Å². The number of ether oxygens (including phenoxy) is 1. The number of likely N-dealkylation sites (N-methyl/N-ethyl adjacent to an activating group) is 1. The van der Waals surface area contributed by atoms with Gasteiger partial charge >= 0.3 is 0 Å². The first-order valence-electron chi connectivity index (χ1n) is 13.5. The molecule has 12 heteroatoms. The number of hydrogen-bond donors (Lipinski definition) is 1. The summed E-state index contributed by atoms with van der Waals surface area (Å²) in [4.78, 5) is 44.8. The molecule has 0 atom stereocenters. The van der Waals surface area contributed by atoms with Crippen LogP contribution in [0.3, 0.4) is 0 Å². The highest BCUT2D eigenvalue weighted by molar-refractivity contribution is 6.38. The van der Waals surface area contributed by atoms with Crippen molar-refractivity contribution in [3.63, 3.8) is 0 Å². The quantitative estimate of drug-likeness (QED) is 0.223. The van der Waals surface area contributed by atoms with E-state index in [4.69, 9.17) is 39.5 Å². The number of benzene rings is 2. The summed E-state index contributed by atoms with van der Waals surface area (Å²) in [5.74, 6) is -0.205. The summed E-state index contributed by atoms with van der Waals surface area (Å²) in [6.07, 6.45) is 6.20. The summed E-state index contributed by atoms with van der Waals surface area (Å²) in [7, 11) is 1.56. The Kier molecular flexibility index (Phi) is 9.25. The van der Waals surface area contributed by atoms with E-state index in [1.165, 1.54) is 11.0 Å². The molecular weight excluding hydrogens is 613 g/mol. The Hall–Kier alpha value is -4.05. The van der Waals surface area contributed by atoms with Gasteiger partial charge in [0, 0.05) is 48.6 Å². The number of hydrogen-bond acceptors (Lipinski definition) is 5. The zero-order chi connectivity index (χ0) is 30.7. The van der Waals surface area contributed by atoms with Crippen molar-refractivity contribution in [1.82, 2.24) is 14.7 Å². The monoisotopic (exact) mass is 639 g/mol. The minimum absolute atomic E-state index is 0.0214. The average molecular weight is 641 g/mol. The number of amides is 3. The van der Waals surface area contributed by atoms with E-state index < -0.39 is 5.91 Å². The first-order valence-corrected chi connectivity index (χ1v) is 14.6. The Bertz CT molecular complexity index is 1740. The number of carbonyl (C=O) groups is 3. The maximum atomic E-state index is 12.9. The summed E-state index contributed by atoms with van der Waals surface area (Å²) >= 11 is 19.4. The van der Waals surface area contributed by atoms with Crippen molar-refractivity contribution in [2.75, 3.05) is 29.9 Å². The highest BCUT2D eigenvalue weighted by Crippen LogP contribution is 2.35. The van der Waals surface area contributed by atoms with Crippen molar-refractivity contribution in [3.8, 4) is 5.75 Å². The molecule has 4 aromatic rings. The number of aryl methyl sites for hydroxylation is 1. The third-order valence-corrected chi connectivity index (χ3v) is 8.34. The van der Waals surface area contributed by atoms with Gasteiger partial charge in [-0.1, -0.05) is 46.9 Å². The van der Waals surface area contributed by atoms with Crippen LogP contribution in [-0.2, 0) is 21.0 Å². The van der Waals surface area contributed by atoms with Crippen molar-refractivity contribution < 1.29 is 19.1 Å². The minimum Gasteiger partial charge on any atom is -0.485 e. The zero-order valence-corrected chi connectivity index (χ0v) is 25.7. The lowest BCUT2D eigenvalue weighted by molar-refractivity contribution is -0.122. The van der Waals surface area contributed by atoms with Gasteiger partial charge in [-0.05, 0) is 61.4 Å². The Balaban J connectivity index is 1.19. The molecule has 1 fully saturated rings. The Morgan fingerprint density at radius 3 is 2.60 bits per heavy atom. The van der Waals surface area contributed by atoms with Gasteiger partial charge in [-0.15, -0.1) is 0 Å². The summed E-state index contributed by atoms with van der Waals surface area (Å²) in [6, 6.07) is 14.2. The van der Waals surface area contributed by atoms with Crippen molar-refractivity contribution in [3.05, 3.63) is 92.8 Å². The van der Waals surface area contributed by atoms with Crippen molar-refractivity contribution in [2.45, 2.75) is 26.4 Å². The highest BCUT2D eigenvalue weighted by Gasteiger charge is 2.22. The first-order chi connectivity index (χ1) is 20.6. The lowest BCUT2D eigenvalue weighted by atomic mass is 10.2. The van der Waals surface area contributed by atoms with Gasteiger partial charge in [-0.2, -0.15) is 0 Å². The van der Waals surface area contributed by atoms with Crippen LogP contribution < -0.4 is 19.9 Å². The molecular formula is C31H28Cl3N5O4. The van der Waals surface area contributed by atoms with Crippen molar-refractivity contribution in [2.24, 2.45) is 0 Å². The molecule has 43 heavy (non-hydrogen) atoms. The third-order valence-electron chi connectivity index (χ3n) is 7.11. The van der Waals surface area contributed by atoms with Crippen LogP contribution in [0.1, 0.15) is 29.7 Å². The van der Waals surface area contributed by atoms with E-state index in [0.717, 1.165) is 17.7 Å². The number of halogens is 3. The van der Waals surface area contributed by atoms with E-state index >= 15 is 0 Å². The maximum absolute atomic E-state index is 12.9. The molecule has 222 valence electrons. The lowest BCUT2D eigenvalue weighted by Crippen LogP contribution is -2.37. The molecule has 2 aromatic carbocycles. The minimum atomic E-state index is -0.430. The van der Waals surface area contributed by atoms with Gasteiger partial charge in [-0.3, -0.25) is 18.8 Å². The van der Waals surface area contributed by atoms with Crippen LogP contribution in [0.4, 0.5) is 11.4 Å². The molecule has 0 radical (unpaired) electrons. The van der Waals surface area contributed by atoms with Crippen LogP contribution in [0.15, 0.2) is 60.8 Å². The maximum Gasteiger partial charge on any atom is 0.246 e. The number of rotatable bonds is 9. The number of fused-ring (bicyclic) bond motifs is 1. The fraction of sp³-hybridized carbons (Fsp3) is 0.226. The molecule has 1 aliphatic rings. The molecule has 2 aromatic heterocycles. The van der Waals surface area contributed by atoms with E-state index in [1.807, 2.05) is 24.3 Å². The highest BCUT2D eigenvalue weighted by atomic mass is 35.5. The van der Waals surface area contributed by atoms with Gasteiger partial charge in [0.1, 0.15) is 11.8 Å². The molecule has 0 unspecified atom stereocenters. The van der Waals surface area contributed by atoms with Gasteiger partial charge in [0.15, 0.2) is 11.4 Å². The smallest absolute Gasteiger partial charge is 0.246 e. The van der Waals surface area contributed by atoms with E-state index in [2.05, 4.69) is 10.3 Å². The van der Waals surface area contributed by atoms with Gasteiger partial charge in [0.25, 0.3) is 0 Å². The van der Waals surface area contributed by atoms with Crippen molar-refractivity contribution in [1.29, 1.82) is 0 Å². The molecule has 0 aliphatic carbocycles. The van der Waals surface area contributed by atoms with Crippen LogP contribution in [0.5, 0.6) is 5.75 Å². The van der Waals surface area contributed by atoms with Gasteiger partial charge < -0.3 is 19.9 Å². The van der Waals surface area contributed by atoms with Gasteiger partial charge in [-0.25, -0.2) is 4.98 Å². The van der Waals surface area contributed by atoms with Crippen LogP contribution in [0.25, 0.3) is 11.7 Å². The summed E-state index contributed by atoms with van der Waals surface area (Å²) in [5.41, 5.74) is 3.75. The Morgan fingerprint density at radius 2 is 1.88 bits per heavy atom. The predicted molar refractivity (Wildman–Crippen MR) is 169 cm³/mol. The molecule has 1 N–H and O–H groups in total. The van der Waals surface area contributed by atoms with Crippen molar-refractivity contribution >= 4 is 75.6 Å². The fourth-order valence-electron chi connectivity index (χ4n) is 4.70.